The summed E-state index contributed by atoms with van der Waals surface area (Å²) in [6, 6.07) is 15.6. The molecule has 3 heterocycles. The lowest BCUT2D eigenvalue weighted by molar-refractivity contribution is -0.133. The van der Waals surface area contributed by atoms with Crippen LogP contribution in [0.1, 0.15) is 61.7 Å². The smallest absolute Gasteiger partial charge is 0.243 e. The molecule has 1 aromatic heterocycles. The van der Waals surface area contributed by atoms with E-state index in [1.165, 1.54) is 20.8 Å². The summed E-state index contributed by atoms with van der Waals surface area (Å²) in [5.74, 6) is -0.240. The quantitative estimate of drug-likeness (QED) is 0.388. The molecule has 0 aliphatic carbocycles. The first-order chi connectivity index (χ1) is 18.9. The third-order valence-electron chi connectivity index (χ3n) is 8.09. The molecule has 3 aromatic rings. The van der Waals surface area contributed by atoms with Crippen LogP contribution in [0.5, 0.6) is 0 Å². The summed E-state index contributed by atoms with van der Waals surface area (Å²) in [6.45, 7) is 10.5. The Morgan fingerprint density at radius 3 is 2.48 bits per heavy atom. The average Bonchev–Trinajstić information content (AvgIpc) is 3.39. The molecule has 1 saturated heterocycles. The number of carbonyl (C=O) groups is 1. The van der Waals surface area contributed by atoms with E-state index in [1.54, 1.807) is 40.5 Å². The van der Waals surface area contributed by atoms with Gasteiger partial charge < -0.3 is 4.90 Å². The number of amides is 1. The fraction of sp³-hybridized carbons (Fsp3) is 0.452. The van der Waals surface area contributed by atoms with Crippen LogP contribution in [0.2, 0.25) is 0 Å². The summed E-state index contributed by atoms with van der Waals surface area (Å²) in [7, 11) is -3.66. The van der Waals surface area contributed by atoms with Gasteiger partial charge in [0.2, 0.25) is 15.9 Å². The van der Waals surface area contributed by atoms with Crippen molar-refractivity contribution in [3.63, 3.8) is 0 Å². The zero-order valence-corrected chi connectivity index (χ0v) is 25.3. The minimum absolute atomic E-state index is 0.0209. The predicted octanol–water partition coefficient (Wildman–Crippen LogP) is 5.44. The van der Waals surface area contributed by atoms with Crippen molar-refractivity contribution in [1.29, 1.82) is 0 Å². The van der Waals surface area contributed by atoms with E-state index in [4.69, 9.17) is 0 Å². The largest absolute Gasteiger partial charge is 0.340 e. The molecule has 0 bridgehead atoms. The molecule has 2 aliphatic heterocycles. The second-order valence-corrected chi connectivity index (χ2v) is 14.8. The molecule has 2 atom stereocenters. The molecule has 2 aliphatic rings. The first kappa shape index (κ1) is 28.9. The van der Waals surface area contributed by atoms with Gasteiger partial charge >= 0.3 is 0 Å². The zero-order valence-electron chi connectivity index (χ0n) is 23.6. The second kappa shape index (κ2) is 11.4. The number of fused-ring (bicyclic) bond motifs is 1. The molecule has 1 amide bonds. The van der Waals surface area contributed by atoms with Crippen molar-refractivity contribution in [3.8, 4) is 0 Å². The van der Waals surface area contributed by atoms with E-state index in [9.17, 15) is 17.6 Å². The normalized spacial score (nSPS) is 20.9. The van der Waals surface area contributed by atoms with E-state index in [2.05, 4.69) is 37.1 Å². The Bertz CT molecular complexity index is 1460. The van der Waals surface area contributed by atoms with Crippen LogP contribution in [0.25, 0.3) is 0 Å². The summed E-state index contributed by atoms with van der Waals surface area (Å²) in [4.78, 5) is 19.0. The highest BCUT2D eigenvalue weighted by molar-refractivity contribution is 7.89. The van der Waals surface area contributed by atoms with E-state index in [-0.39, 0.29) is 40.7 Å². The molecule has 0 N–H and O–H groups in total. The van der Waals surface area contributed by atoms with Crippen molar-refractivity contribution in [2.45, 2.75) is 62.9 Å². The van der Waals surface area contributed by atoms with E-state index in [0.717, 1.165) is 24.1 Å². The van der Waals surface area contributed by atoms with Crippen LogP contribution in [0, 0.1) is 5.82 Å². The van der Waals surface area contributed by atoms with Crippen LogP contribution in [0.4, 0.5) is 4.39 Å². The molecule has 6 nitrogen and oxygen atoms in total. The van der Waals surface area contributed by atoms with Crippen molar-refractivity contribution < 1.29 is 17.6 Å². The summed E-state index contributed by atoms with van der Waals surface area (Å²) >= 11 is 1.73. The van der Waals surface area contributed by atoms with E-state index in [0.29, 0.717) is 26.1 Å². The molecular formula is C31H38FN3O3S2. The summed E-state index contributed by atoms with van der Waals surface area (Å²) in [5.41, 5.74) is 3.12. The maximum Gasteiger partial charge on any atom is 0.243 e. The number of hydrogen-bond acceptors (Lipinski definition) is 5. The molecule has 1 fully saturated rings. The Morgan fingerprint density at radius 2 is 1.80 bits per heavy atom. The summed E-state index contributed by atoms with van der Waals surface area (Å²) in [6.07, 6.45) is 1.25. The van der Waals surface area contributed by atoms with Gasteiger partial charge in [0, 0.05) is 50.1 Å². The number of halogens is 1. The third-order valence-corrected chi connectivity index (χ3v) is 11.1. The predicted molar refractivity (Wildman–Crippen MR) is 158 cm³/mol. The molecule has 0 unspecified atom stereocenters. The molecule has 9 heteroatoms. The Balaban J connectivity index is 1.23. The summed E-state index contributed by atoms with van der Waals surface area (Å²) < 4.78 is 42.5. The van der Waals surface area contributed by atoms with Gasteiger partial charge in [-0.1, -0.05) is 45.0 Å². The first-order valence-electron chi connectivity index (χ1n) is 13.9. The van der Waals surface area contributed by atoms with Gasteiger partial charge in [0.05, 0.1) is 10.9 Å². The topological polar surface area (TPSA) is 60.9 Å². The number of benzene rings is 2. The average molecular weight is 584 g/mol. The number of piperazine rings is 1. The van der Waals surface area contributed by atoms with E-state index < -0.39 is 10.0 Å². The lowest BCUT2D eigenvalue weighted by atomic mass is 9.87. The van der Waals surface area contributed by atoms with Crippen LogP contribution >= 0.6 is 11.3 Å². The maximum absolute atomic E-state index is 14.1. The van der Waals surface area contributed by atoms with Crippen molar-refractivity contribution in [2.75, 3.05) is 32.7 Å². The maximum atomic E-state index is 14.1. The van der Waals surface area contributed by atoms with E-state index >= 15 is 0 Å². The van der Waals surface area contributed by atoms with Crippen LogP contribution in [0.3, 0.4) is 0 Å². The lowest BCUT2D eigenvalue weighted by Crippen LogP contribution is -2.55. The van der Waals surface area contributed by atoms with Gasteiger partial charge in [-0.3, -0.25) is 9.69 Å². The number of thiophene rings is 1. The van der Waals surface area contributed by atoms with Gasteiger partial charge in [-0.25, -0.2) is 12.8 Å². The molecule has 40 heavy (non-hydrogen) atoms. The number of carbonyl (C=O) groups excluding carboxylic acids is 1. The Hall–Kier alpha value is -2.59. The van der Waals surface area contributed by atoms with Crippen LogP contribution in [-0.2, 0) is 26.7 Å². The van der Waals surface area contributed by atoms with Crippen molar-refractivity contribution >= 4 is 27.3 Å². The molecule has 214 valence electrons. The number of hydrogen-bond donors (Lipinski definition) is 0. The lowest BCUT2D eigenvalue weighted by Gasteiger charge is -2.40. The Labute approximate surface area is 241 Å². The first-order valence-corrected chi connectivity index (χ1v) is 16.2. The minimum Gasteiger partial charge on any atom is -0.340 e. The van der Waals surface area contributed by atoms with Gasteiger partial charge in [-0.2, -0.15) is 4.31 Å². The standard InChI is InChI=1S/C31H38FN3O3S2/c1-22-21-34(17-18-35(22)40(37,38)26-10-8-24(9-11-26)31(2,3)4)29(36)13-16-33-15-12-28-27(14-19-39-28)30(33)23-6-5-7-25(32)20-23/h5-11,14,19-20,22,30H,12-13,15-18,21H2,1-4H3/t22-,30+/m0/s1. The molecule has 0 radical (unpaired) electrons. The Morgan fingerprint density at radius 1 is 1.05 bits per heavy atom. The fourth-order valence-corrected chi connectivity index (χ4v) is 8.38. The molecule has 0 spiro atoms. The zero-order chi connectivity index (χ0) is 28.7. The van der Waals surface area contributed by atoms with Crippen molar-refractivity contribution in [1.82, 2.24) is 14.1 Å². The van der Waals surface area contributed by atoms with Gasteiger partial charge in [-0.15, -0.1) is 11.3 Å². The molecule has 0 saturated carbocycles. The highest BCUT2D eigenvalue weighted by Gasteiger charge is 2.36. The molecular weight excluding hydrogens is 545 g/mol. The third kappa shape index (κ3) is 5.88. The van der Waals surface area contributed by atoms with Crippen molar-refractivity contribution in [2.24, 2.45) is 0 Å². The molecule has 2 aromatic carbocycles. The molecule has 5 rings (SSSR count). The SMILES string of the molecule is C[C@H]1CN(C(=O)CCN2CCc3sccc3[C@H]2c2cccc(F)c2)CCN1S(=O)(=O)c1ccc(C(C)(C)C)cc1. The van der Waals surface area contributed by atoms with Crippen LogP contribution in [-0.4, -0.2) is 67.2 Å². The van der Waals surface area contributed by atoms with Crippen LogP contribution < -0.4 is 0 Å². The minimum atomic E-state index is -3.66. The highest BCUT2D eigenvalue weighted by Crippen LogP contribution is 2.38. The van der Waals surface area contributed by atoms with Crippen molar-refractivity contribution in [3.05, 3.63) is 87.4 Å². The van der Waals surface area contributed by atoms with Gasteiger partial charge in [-0.05, 0) is 71.2 Å². The monoisotopic (exact) mass is 583 g/mol. The highest BCUT2D eigenvalue weighted by atomic mass is 32.2. The van der Waals surface area contributed by atoms with E-state index in [1.807, 2.05) is 25.1 Å². The van der Waals surface area contributed by atoms with Gasteiger partial charge in [0.15, 0.2) is 0 Å². The second-order valence-electron chi connectivity index (χ2n) is 11.9. The number of rotatable bonds is 6. The number of nitrogens with zero attached hydrogens (tertiary/aromatic N) is 3. The van der Waals surface area contributed by atoms with Crippen LogP contribution in [0.15, 0.2) is 64.9 Å². The van der Waals surface area contributed by atoms with Gasteiger partial charge in [0.25, 0.3) is 0 Å². The number of sulfonamides is 1. The Kier molecular flexibility index (Phi) is 8.21. The fourth-order valence-electron chi connectivity index (χ4n) is 5.86. The summed E-state index contributed by atoms with van der Waals surface area (Å²) in [5, 5.41) is 2.08. The van der Waals surface area contributed by atoms with Gasteiger partial charge in [0.1, 0.15) is 5.82 Å².